The van der Waals surface area contributed by atoms with Gasteiger partial charge in [0.05, 0.1) is 49.6 Å². The second-order valence-electron chi connectivity index (χ2n) is 14.1. The number of ether oxygens (including phenoxy) is 2. The normalized spacial score (nSPS) is 26.4. The zero-order valence-corrected chi connectivity index (χ0v) is 29.1. The third kappa shape index (κ3) is 4.92. The zero-order chi connectivity index (χ0) is 36.3. The first kappa shape index (κ1) is 33.3. The molecule has 8 rings (SSSR count). The summed E-state index contributed by atoms with van der Waals surface area (Å²) in [6.07, 6.45) is 2.38. The Bertz CT molecular complexity index is 2120. The van der Waals surface area contributed by atoms with Gasteiger partial charge >= 0.3 is 0 Å². The predicted molar refractivity (Wildman–Crippen MR) is 192 cm³/mol. The number of carbonyl (C=O) groups excluding carboxylic acids is 4. The highest BCUT2D eigenvalue weighted by molar-refractivity contribution is 6.13. The fourth-order valence-electron chi connectivity index (χ4n) is 9.21. The number of phenols is 1. The summed E-state index contributed by atoms with van der Waals surface area (Å²) in [5, 5.41) is 13.0. The van der Waals surface area contributed by atoms with E-state index in [0.29, 0.717) is 22.6 Å². The summed E-state index contributed by atoms with van der Waals surface area (Å²) < 4.78 is 11.4. The Balaban J connectivity index is 1.33. The molecule has 2 heterocycles. The summed E-state index contributed by atoms with van der Waals surface area (Å²) in [6.45, 7) is 2.10. The van der Waals surface area contributed by atoms with Gasteiger partial charge in [0.25, 0.3) is 11.8 Å². The number of hydrazine groups is 1. The van der Waals surface area contributed by atoms with Crippen LogP contribution in [-0.4, -0.2) is 52.9 Å². The van der Waals surface area contributed by atoms with Gasteiger partial charge in [-0.25, -0.2) is 0 Å². The van der Waals surface area contributed by atoms with E-state index in [4.69, 9.17) is 9.47 Å². The van der Waals surface area contributed by atoms with Crippen LogP contribution in [-0.2, 0) is 31.1 Å². The van der Waals surface area contributed by atoms with E-state index in [1.165, 1.54) is 25.2 Å². The van der Waals surface area contributed by atoms with E-state index in [-0.39, 0.29) is 42.7 Å². The maximum absolute atomic E-state index is 15.4. The second kappa shape index (κ2) is 12.7. The largest absolute Gasteiger partial charge is 0.507 e. The third-order valence-electron chi connectivity index (χ3n) is 11.5. The van der Waals surface area contributed by atoms with Gasteiger partial charge in [-0.05, 0) is 48.9 Å². The number of amides is 4. The van der Waals surface area contributed by atoms with Crippen LogP contribution in [0.15, 0.2) is 109 Å². The minimum Gasteiger partial charge on any atom is -0.507 e. The van der Waals surface area contributed by atoms with Crippen molar-refractivity contribution < 1.29 is 33.8 Å². The van der Waals surface area contributed by atoms with Crippen LogP contribution >= 0.6 is 0 Å². The summed E-state index contributed by atoms with van der Waals surface area (Å²) in [4.78, 5) is 60.0. The smallest absolute Gasteiger partial charge is 0.260 e. The maximum atomic E-state index is 15.4. The minimum atomic E-state index is -1.56. The van der Waals surface area contributed by atoms with E-state index in [1.807, 2.05) is 85.8 Å². The Morgan fingerprint density at radius 2 is 1.52 bits per heavy atom. The Morgan fingerprint density at radius 1 is 0.827 bits per heavy atom. The summed E-state index contributed by atoms with van der Waals surface area (Å²) in [5.41, 5.74) is 5.58. The van der Waals surface area contributed by atoms with Crippen LogP contribution in [0.1, 0.15) is 41.0 Å². The number of phenolic OH excluding ortho intramolecular Hbond substituents is 1. The molecule has 4 aliphatic rings. The Hall–Kier alpha value is -5.90. The highest BCUT2D eigenvalue weighted by Crippen LogP contribution is 2.66. The number of benzene rings is 4. The van der Waals surface area contributed by atoms with Gasteiger partial charge < -0.3 is 14.6 Å². The number of aryl methyl sites for hydroxylation is 1. The number of methoxy groups -OCH3 is 2. The maximum Gasteiger partial charge on any atom is 0.260 e. The molecule has 0 radical (unpaired) electrons. The lowest BCUT2D eigenvalue weighted by atomic mass is 9.49. The first-order chi connectivity index (χ1) is 25.2. The summed E-state index contributed by atoms with van der Waals surface area (Å²) in [5.74, 6) is -4.91. The molecule has 2 saturated heterocycles. The van der Waals surface area contributed by atoms with Crippen molar-refractivity contribution in [3.05, 3.63) is 131 Å². The summed E-state index contributed by atoms with van der Waals surface area (Å²) in [7, 11) is 2.96. The van der Waals surface area contributed by atoms with Crippen molar-refractivity contribution in [3.63, 3.8) is 0 Å². The first-order valence-corrected chi connectivity index (χ1v) is 17.5. The Morgan fingerprint density at radius 3 is 2.19 bits per heavy atom. The van der Waals surface area contributed by atoms with E-state index in [2.05, 4.69) is 5.43 Å². The number of carbonyl (C=O) groups is 4. The molecule has 2 aliphatic carbocycles. The van der Waals surface area contributed by atoms with Crippen LogP contribution in [0.3, 0.4) is 0 Å². The SMILES string of the molecule is COc1cc(O)c(C2C3=CCC4C(=O)N(Cc5ccccc5)C(=O)C4C3CC3C(=O)N(Nc4ccc(C)cc4)C(=O)C32c2ccccc2)c(OC)c1. The predicted octanol–water partition coefficient (Wildman–Crippen LogP) is 5.90. The van der Waals surface area contributed by atoms with Crippen LogP contribution < -0.4 is 14.9 Å². The van der Waals surface area contributed by atoms with Crippen molar-refractivity contribution in [1.82, 2.24) is 9.91 Å². The number of rotatable bonds is 8. The van der Waals surface area contributed by atoms with Gasteiger partial charge in [0.2, 0.25) is 11.8 Å². The second-order valence-corrected chi connectivity index (χ2v) is 14.1. The number of anilines is 1. The third-order valence-corrected chi connectivity index (χ3v) is 11.5. The number of hydrogen-bond acceptors (Lipinski definition) is 8. The van der Waals surface area contributed by atoms with Gasteiger partial charge in [0.15, 0.2) is 0 Å². The van der Waals surface area contributed by atoms with Crippen molar-refractivity contribution in [2.75, 3.05) is 19.6 Å². The number of allylic oxidation sites excluding steroid dienone is 2. The van der Waals surface area contributed by atoms with Gasteiger partial charge in [-0.1, -0.05) is 90.0 Å². The summed E-state index contributed by atoms with van der Waals surface area (Å²) >= 11 is 0. The molecule has 6 atom stereocenters. The molecule has 1 saturated carbocycles. The van der Waals surface area contributed by atoms with E-state index < -0.39 is 46.8 Å². The molecule has 10 heteroatoms. The van der Waals surface area contributed by atoms with Crippen molar-refractivity contribution in [2.24, 2.45) is 23.7 Å². The number of aromatic hydroxyl groups is 1. The average Bonchev–Trinajstić information content (AvgIpc) is 3.53. The van der Waals surface area contributed by atoms with E-state index in [0.717, 1.165) is 21.7 Å². The van der Waals surface area contributed by atoms with Crippen LogP contribution in [0.5, 0.6) is 17.2 Å². The van der Waals surface area contributed by atoms with Crippen LogP contribution in [0.4, 0.5) is 5.69 Å². The highest BCUT2D eigenvalue weighted by atomic mass is 16.5. The molecule has 3 fully saturated rings. The fourth-order valence-corrected chi connectivity index (χ4v) is 9.21. The molecule has 2 aliphatic heterocycles. The van der Waals surface area contributed by atoms with Crippen molar-refractivity contribution in [2.45, 2.75) is 37.6 Å². The molecular weight excluding hydrogens is 658 g/mol. The minimum absolute atomic E-state index is 0.145. The molecule has 4 aromatic rings. The van der Waals surface area contributed by atoms with Gasteiger partial charge in [0.1, 0.15) is 17.2 Å². The standard InChI is InChI=1S/C42H39N3O7/c1-24-14-16-27(17-15-24)43-45-39(48)32-22-31-29(18-19-30-35(31)40(49)44(38(30)47)23-25-10-6-4-7-11-25)37(36-33(46)20-28(51-2)21-34(36)52-3)42(32,41(45)50)26-12-8-5-9-13-26/h4-18,20-21,30-32,35,37,43,46H,19,22-23H2,1-3H3. The zero-order valence-electron chi connectivity index (χ0n) is 29.1. The first-order valence-electron chi connectivity index (χ1n) is 17.5. The summed E-state index contributed by atoms with van der Waals surface area (Å²) in [6, 6.07) is 29.1. The molecule has 4 amide bonds. The van der Waals surface area contributed by atoms with Gasteiger partial charge in [-0.3, -0.25) is 29.5 Å². The quantitative estimate of drug-likeness (QED) is 0.172. The molecule has 4 aromatic carbocycles. The molecule has 0 aromatic heterocycles. The van der Waals surface area contributed by atoms with Crippen molar-refractivity contribution in [1.29, 1.82) is 0 Å². The van der Waals surface area contributed by atoms with E-state index in [9.17, 15) is 19.5 Å². The Labute approximate surface area is 301 Å². The monoisotopic (exact) mass is 697 g/mol. The number of likely N-dealkylation sites (tertiary alicyclic amines) is 1. The molecule has 264 valence electrons. The fraction of sp³-hybridized carbons (Fsp3) is 0.286. The van der Waals surface area contributed by atoms with Crippen LogP contribution in [0.2, 0.25) is 0 Å². The number of fused-ring (bicyclic) bond motifs is 4. The topological polar surface area (TPSA) is 125 Å². The number of imide groups is 2. The Kier molecular flexibility index (Phi) is 8.12. The number of nitrogens with one attached hydrogen (secondary N) is 1. The molecule has 6 unspecified atom stereocenters. The highest BCUT2D eigenvalue weighted by Gasteiger charge is 2.71. The van der Waals surface area contributed by atoms with Gasteiger partial charge in [0, 0.05) is 23.6 Å². The molecule has 10 nitrogen and oxygen atoms in total. The molecule has 0 spiro atoms. The lowest BCUT2D eigenvalue weighted by Crippen LogP contribution is -2.53. The lowest BCUT2D eigenvalue weighted by Gasteiger charge is -2.50. The average molecular weight is 698 g/mol. The van der Waals surface area contributed by atoms with E-state index >= 15 is 4.79 Å². The van der Waals surface area contributed by atoms with Crippen LogP contribution in [0.25, 0.3) is 0 Å². The number of hydrogen-bond donors (Lipinski definition) is 2. The number of nitrogens with zero attached hydrogens (tertiary/aromatic N) is 2. The molecule has 52 heavy (non-hydrogen) atoms. The van der Waals surface area contributed by atoms with Crippen LogP contribution in [0, 0.1) is 30.6 Å². The van der Waals surface area contributed by atoms with E-state index in [1.54, 1.807) is 18.2 Å². The lowest BCUT2D eigenvalue weighted by molar-refractivity contribution is -0.142. The molecular formula is C42H39N3O7. The van der Waals surface area contributed by atoms with Gasteiger partial charge in [-0.15, -0.1) is 0 Å². The molecule has 0 bridgehead atoms. The van der Waals surface area contributed by atoms with Gasteiger partial charge in [-0.2, -0.15) is 5.01 Å². The van der Waals surface area contributed by atoms with Crippen molar-refractivity contribution in [3.8, 4) is 17.2 Å². The van der Waals surface area contributed by atoms with Crippen molar-refractivity contribution >= 4 is 29.3 Å². The molecule has 2 N–H and O–H groups in total.